The first-order valence-corrected chi connectivity index (χ1v) is 10.9. The Kier molecular flexibility index (Phi) is 5.24. The zero-order valence-electron chi connectivity index (χ0n) is 16.1. The molecular weight excluding hydrogens is 447 g/mol. The fourth-order valence-electron chi connectivity index (χ4n) is 3.33. The van der Waals surface area contributed by atoms with Crippen LogP contribution >= 0.6 is 11.6 Å². The summed E-state index contributed by atoms with van der Waals surface area (Å²) in [5.41, 5.74) is 1.07. The lowest BCUT2D eigenvalue weighted by Crippen LogP contribution is -2.23. The maximum absolute atomic E-state index is 14.9. The minimum absolute atomic E-state index is 0.0455. The molecule has 1 aliphatic heterocycles. The first-order valence-electron chi connectivity index (χ1n) is 9.00. The van der Waals surface area contributed by atoms with Crippen LogP contribution in [0.2, 0.25) is 5.02 Å². The molecular formula is C21H16ClFN2O5S. The van der Waals surface area contributed by atoms with E-state index in [2.05, 4.69) is 10.0 Å². The normalized spacial score (nSPS) is 14.7. The number of hydrogen-bond acceptors (Lipinski definition) is 5. The number of phenols is 1. The molecule has 3 aromatic rings. The summed E-state index contributed by atoms with van der Waals surface area (Å²) >= 11 is 5.98. The molecule has 31 heavy (non-hydrogen) atoms. The summed E-state index contributed by atoms with van der Waals surface area (Å²) in [6, 6.07) is 11.4. The van der Waals surface area contributed by atoms with E-state index in [9.17, 15) is 22.7 Å². The number of aromatic hydroxyl groups is 1. The van der Waals surface area contributed by atoms with Crippen LogP contribution in [0.4, 0.5) is 10.1 Å². The van der Waals surface area contributed by atoms with Crippen LogP contribution in [0.3, 0.4) is 0 Å². The van der Waals surface area contributed by atoms with E-state index >= 15 is 0 Å². The van der Waals surface area contributed by atoms with Gasteiger partial charge in [-0.3, -0.25) is 9.52 Å². The van der Waals surface area contributed by atoms with Crippen molar-refractivity contribution in [3.63, 3.8) is 0 Å². The highest BCUT2D eigenvalue weighted by atomic mass is 35.5. The van der Waals surface area contributed by atoms with Gasteiger partial charge < -0.3 is 15.2 Å². The lowest BCUT2D eigenvalue weighted by Gasteiger charge is -2.16. The summed E-state index contributed by atoms with van der Waals surface area (Å²) in [6.07, 6.45) is 0. The van der Waals surface area contributed by atoms with Crippen molar-refractivity contribution < 1.29 is 27.4 Å². The first-order chi connectivity index (χ1) is 14.7. The molecule has 160 valence electrons. The zero-order valence-corrected chi connectivity index (χ0v) is 17.6. The van der Waals surface area contributed by atoms with E-state index in [0.29, 0.717) is 11.1 Å². The molecule has 10 heteroatoms. The molecule has 0 saturated heterocycles. The van der Waals surface area contributed by atoms with Gasteiger partial charge in [0.2, 0.25) is 0 Å². The third kappa shape index (κ3) is 3.77. The van der Waals surface area contributed by atoms with Gasteiger partial charge in [-0.05, 0) is 29.3 Å². The second-order valence-corrected chi connectivity index (χ2v) is 8.84. The van der Waals surface area contributed by atoms with E-state index in [1.807, 2.05) is 0 Å². The second-order valence-electron chi connectivity index (χ2n) is 6.78. The van der Waals surface area contributed by atoms with E-state index in [-0.39, 0.29) is 34.1 Å². The fourth-order valence-corrected chi connectivity index (χ4v) is 4.82. The Balaban J connectivity index is 2.02. The highest BCUT2D eigenvalue weighted by Gasteiger charge is 2.26. The van der Waals surface area contributed by atoms with Gasteiger partial charge in [0.25, 0.3) is 15.9 Å². The van der Waals surface area contributed by atoms with E-state index in [0.717, 1.165) is 18.2 Å². The van der Waals surface area contributed by atoms with E-state index in [4.69, 9.17) is 16.3 Å². The molecule has 0 atom stereocenters. The third-order valence-electron chi connectivity index (χ3n) is 4.86. The number of fused-ring (bicyclic) bond motifs is 6. The van der Waals surface area contributed by atoms with Crippen LogP contribution in [0.5, 0.6) is 11.5 Å². The number of halogens is 2. The standard InChI is InChI=1S/C21H16ClFN2O5S/c1-30-18-9-16(23)14-8-17(18)25-31(28,29)19-7-12(6-15(22)20(19)26)21(27)24-10-11-4-2-3-5-13(11)14/h2-9,25-26H,10H2,1H3,(H,24,27). The maximum Gasteiger partial charge on any atom is 0.265 e. The van der Waals surface area contributed by atoms with Crippen LogP contribution in [0.15, 0.2) is 53.4 Å². The van der Waals surface area contributed by atoms with Crippen molar-refractivity contribution >= 4 is 33.2 Å². The Labute approximate surface area is 182 Å². The van der Waals surface area contributed by atoms with Crippen LogP contribution in [0.25, 0.3) is 11.1 Å². The van der Waals surface area contributed by atoms with Crippen molar-refractivity contribution in [1.29, 1.82) is 0 Å². The predicted octanol–water partition coefficient (Wildman–Crippen LogP) is 3.90. The Morgan fingerprint density at radius 3 is 2.61 bits per heavy atom. The smallest absolute Gasteiger partial charge is 0.265 e. The molecule has 1 aliphatic rings. The van der Waals surface area contributed by atoms with E-state index in [1.165, 1.54) is 13.2 Å². The van der Waals surface area contributed by atoms with Gasteiger partial charge in [0, 0.05) is 23.7 Å². The number of carbonyl (C=O) groups is 1. The largest absolute Gasteiger partial charge is 0.505 e. The van der Waals surface area contributed by atoms with Gasteiger partial charge in [-0.2, -0.15) is 0 Å². The van der Waals surface area contributed by atoms with Gasteiger partial charge in [0.05, 0.1) is 17.8 Å². The van der Waals surface area contributed by atoms with E-state index < -0.39 is 32.4 Å². The number of benzene rings is 3. The van der Waals surface area contributed by atoms with Crippen molar-refractivity contribution in [2.45, 2.75) is 11.4 Å². The van der Waals surface area contributed by atoms with E-state index in [1.54, 1.807) is 24.3 Å². The Morgan fingerprint density at radius 2 is 1.87 bits per heavy atom. The number of carbonyl (C=O) groups excluding carboxylic acids is 1. The van der Waals surface area contributed by atoms with Gasteiger partial charge in [0.1, 0.15) is 16.5 Å². The molecule has 4 rings (SSSR count). The number of amides is 1. The zero-order chi connectivity index (χ0) is 22.3. The highest BCUT2D eigenvalue weighted by Crippen LogP contribution is 2.38. The van der Waals surface area contributed by atoms with Crippen molar-refractivity contribution in [1.82, 2.24) is 5.32 Å². The van der Waals surface area contributed by atoms with Crippen LogP contribution in [0, 0.1) is 5.82 Å². The monoisotopic (exact) mass is 462 g/mol. The lowest BCUT2D eigenvalue weighted by atomic mass is 9.98. The van der Waals surface area contributed by atoms with Crippen LogP contribution in [-0.4, -0.2) is 26.5 Å². The molecule has 0 saturated carbocycles. The summed E-state index contributed by atoms with van der Waals surface area (Å²) in [5.74, 6) is -2.03. The Hall–Kier alpha value is -3.30. The summed E-state index contributed by atoms with van der Waals surface area (Å²) in [5, 5.41) is 12.6. The Morgan fingerprint density at radius 1 is 1.13 bits per heavy atom. The SMILES string of the molecule is COc1cc(F)c2cc1NS(=O)(=O)c1cc(cc(Cl)c1O)C(=O)NCc1ccccc1-2. The molecule has 0 fully saturated rings. The van der Waals surface area contributed by atoms with Crippen molar-refractivity contribution in [2.75, 3.05) is 11.8 Å². The lowest BCUT2D eigenvalue weighted by molar-refractivity contribution is 0.0950. The number of phenolic OH excluding ortho intramolecular Hbond substituents is 1. The molecule has 3 N–H and O–H groups in total. The summed E-state index contributed by atoms with van der Waals surface area (Å²) in [7, 11) is -3.16. The topological polar surface area (TPSA) is 105 Å². The second kappa shape index (κ2) is 7.75. The van der Waals surface area contributed by atoms with Crippen molar-refractivity contribution in [3.8, 4) is 22.6 Å². The number of anilines is 1. The molecule has 1 heterocycles. The number of sulfonamides is 1. The maximum atomic E-state index is 14.9. The molecule has 7 nitrogen and oxygen atoms in total. The quantitative estimate of drug-likeness (QED) is 0.508. The predicted molar refractivity (Wildman–Crippen MR) is 113 cm³/mol. The fraction of sp³-hybridized carbons (Fsp3) is 0.0952. The molecule has 0 aliphatic carbocycles. The molecule has 0 unspecified atom stereocenters. The molecule has 4 bridgehead atoms. The number of methoxy groups -OCH3 is 1. The summed E-state index contributed by atoms with van der Waals surface area (Å²) in [6.45, 7) is 0.0455. The third-order valence-corrected chi connectivity index (χ3v) is 6.53. The van der Waals surface area contributed by atoms with Gasteiger partial charge in [0.15, 0.2) is 5.75 Å². The van der Waals surface area contributed by atoms with Gasteiger partial charge >= 0.3 is 0 Å². The average Bonchev–Trinajstić information content (AvgIpc) is 2.74. The first kappa shape index (κ1) is 21.0. The average molecular weight is 463 g/mol. The van der Waals surface area contributed by atoms with Crippen LogP contribution in [0.1, 0.15) is 15.9 Å². The van der Waals surface area contributed by atoms with Gasteiger partial charge in [-0.25, -0.2) is 12.8 Å². The number of nitrogens with one attached hydrogen (secondary N) is 2. The molecule has 0 radical (unpaired) electrons. The molecule has 3 aromatic carbocycles. The number of ether oxygens (including phenoxy) is 1. The van der Waals surface area contributed by atoms with Gasteiger partial charge in [-0.1, -0.05) is 35.9 Å². The van der Waals surface area contributed by atoms with Gasteiger partial charge in [-0.15, -0.1) is 0 Å². The van der Waals surface area contributed by atoms with Crippen LogP contribution in [-0.2, 0) is 16.6 Å². The van der Waals surface area contributed by atoms with Crippen molar-refractivity contribution in [3.05, 3.63) is 70.5 Å². The summed E-state index contributed by atoms with van der Waals surface area (Å²) < 4.78 is 48.4. The highest BCUT2D eigenvalue weighted by molar-refractivity contribution is 7.92. The molecule has 1 amide bonds. The minimum atomic E-state index is -4.43. The number of rotatable bonds is 1. The minimum Gasteiger partial charge on any atom is -0.505 e. The van der Waals surface area contributed by atoms with Crippen LogP contribution < -0.4 is 14.8 Å². The van der Waals surface area contributed by atoms with Crippen molar-refractivity contribution in [2.24, 2.45) is 0 Å². The Bertz CT molecular complexity index is 1330. The molecule has 0 aromatic heterocycles. The summed E-state index contributed by atoms with van der Waals surface area (Å²) in [4.78, 5) is 12.1. The molecule has 0 spiro atoms. The number of hydrogen-bond donors (Lipinski definition) is 3.